The fourth-order valence-corrected chi connectivity index (χ4v) is 1.87. The van der Waals surface area contributed by atoms with Gasteiger partial charge in [-0.15, -0.1) is 4.40 Å². The average Bonchev–Trinajstić information content (AvgIpc) is 2.75. The zero-order chi connectivity index (χ0) is 12.5. The van der Waals surface area contributed by atoms with E-state index >= 15 is 0 Å². The van der Waals surface area contributed by atoms with E-state index in [1.54, 1.807) is 48.7 Å². The van der Waals surface area contributed by atoms with Crippen molar-refractivity contribution in [1.82, 2.24) is 0 Å². The highest BCUT2D eigenvalue weighted by Gasteiger charge is 2.23. The van der Waals surface area contributed by atoms with Gasteiger partial charge >= 0.3 is 0 Å². The van der Waals surface area contributed by atoms with E-state index in [9.17, 15) is 9.90 Å². The first kappa shape index (κ1) is 10.5. The van der Waals surface area contributed by atoms with E-state index in [-0.39, 0.29) is 11.5 Å². The molecule has 0 radical (unpaired) electrons. The molecule has 0 aliphatic heterocycles. The molecular formula is C14H9NO3. The first-order valence-electron chi connectivity index (χ1n) is 5.47. The summed E-state index contributed by atoms with van der Waals surface area (Å²) < 4.78 is 6.50. The number of fused-ring (bicyclic) bond motifs is 1. The molecule has 0 aliphatic rings. The van der Waals surface area contributed by atoms with E-state index in [1.807, 2.05) is 6.07 Å². The van der Waals surface area contributed by atoms with Gasteiger partial charge in [0, 0.05) is 17.7 Å². The summed E-state index contributed by atoms with van der Waals surface area (Å²) in [5, 5.41) is 11.7. The van der Waals surface area contributed by atoms with Gasteiger partial charge in [-0.05, 0) is 6.07 Å². The highest BCUT2D eigenvalue weighted by Crippen LogP contribution is 2.17. The molecule has 0 N–H and O–H groups in total. The lowest BCUT2D eigenvalue weighted by molar-refractivity contribution is -0.517. The number of aromatic nitrogens is 1. The lowest BCUT2D eigenvalue weighted by Gasteiger charge is -1.96. The molecule has 4 nitrogen and oxygen atoms in total. The minimum atomic E-state index is -0.616. The number of benzene rings is 1. The van der Waals surface area contributed by atoms with Crippen LogP contribution in [0.4, 0.5) is 0 Å². The van der Waals surface area contributed by atoms with Crippen LogP contribution in [0.15, 0.2) is 59.1 Å². The maximum Gasteiger partial charge on any atom is 0.282 e. The van der Waals surface area contributed by atoms with E-state index in [0.29, 0.717) is 11.3 Å². The van der Waals surface area contributed by atoms with Crippen LogP contribution in [0, 0.1) is 0 Å². The Labute approximate surface area is 103 Å². The van der Waals surface area contributed by atoms with Crippen molar-refractivity contribution in [2.75, 3.05) is 0 Å². The van der Waals surface area contributed by atoms with Crippen molar-refractivity contribution in [2.45, 2.75) is 0 Å². The third-order valence-electron chi connectivity index (χ3n) is 2.71. The fourth-order valence-electron chi connectivity index (χ4n) is 1.87. The summed E-state index contributed by atoms with van der Waals surface area (Å²) in [6.07, 6.45) is 1.64. The van der Waals surface area contributed by atoms with Crippen molar-refractivity contribution >= 4 is 11.5 Å². The minimum Gasteiger partial charge on any atom is -0.540 e. The molecule has 0 saturated carbocycles. The van der Waals surface area contributed by atoms with E-state index in [4.69, 9.17) is 4.42 Å². The summed E-state index contributed by atoms with van der Waals surface area (Å²) in [5.74, 6) is -0.953. The van der Waals surface area contributed by atoms with Crippen LogP contribution in [0.2, 0.25) is 0 Å². The van der Waals surface area contributed by atoms with Crippen LogP contribution < -0.4 is 9.51 Å². The normalized spacial score (nSPS) is 10.7. The van der Waals surface area contributed by atoms with Gasteiger partial charge in [0.25, 0.3) is 17.2 Å². The SMILES string of the molecule is O=C(c1ccccc1)c1c([O-])oc2cccc[n+]12. The molecule has 0 aliphatic carbocycles. The molecule has 4 heteroatoms. The quantitative estimate of drug-likeness (QED) is 0.500. The highest BCUT2D eigenvalue weighted by atomic mass is 16.5. The molecule has 0 unspecified atom stereocenters. The zero-order valence-corrected chi connectivity index (χ0v) is 9.37. The topological polar surface area (TPSA) is 57.4 Å². The van der Waals surface area contributed by atoms with Gasteiger partial charge in [0.2, 0.25) is 0 Å². The van der Waals surface area contributed by atoms with Gasteiger partial charge in [-0.3, -0.25) is 4.79 Å². The Morgan fingerprint density at radius 3 is 2.56 bits per heavy atom. The number of nitrogens with zero attached hydrogens (tertiary/aromatic N) is 1. The van der Waals surface area contributed by atoms with Gasteiger partial charge in [-0.1, -0.05) is 30.3 Å². The molecule has 2 heterocycles. The summed E-state index contributed by atoms with van der Waals surface area (Å²) in [6, 6.07) is 13.8. The number of hydrogen-bond acceptors (Lipinski definition) is 3. The molecule has 0 amide bonds. The Balaban J connectivity index is 2.21. The molecular weight excluding hydrogens is 230 g/mol. The van der Waals surface area contributed by atoms with Crippen LogP contribution in [0.1, 0.15) is 16.1 Å². The Bertz CT molecular complexity index is 716. The lowest BCUT2D eigenvalue weighted by atomic mass is 10.1. The Hall–Kier alpha value is -2.62. The summed E-state index contributed by atoms with van der Waals surface area (Å²) in [6.45, 7) is 0. The van der Waals surface area contributed by atoms with Crippen LogP contribution >= 0.6 is 0 Å². The smallest absolute Gasteiger partial charge is 0.282 e. The third-order valence-corrected chi connectivity index (χ3v) is 2.71. The van der Waals surface area contributed by atoms with E-state index in [0.717, 1.165) is 0 Å². The standard InChI is InChI=1S/C14H9NO3/c16-13(10-6-2-1-3-7-10)12-14(17)18-11-8-4-5-9-15(11)12/h1-9H. The predicted molar refractivity (Wildman–Crippen MR) is 61.2 cm³/mol. The van der Waals surface area contributed by atoms with Crippen molar-refractivity contribution in [2.24, 2.45) is 0 Å². The van der Waals surface area contributed by atoms with E-state index in [1.165, 1.54) is 4.40 Å². The van der Waals surface area contributed by atoms with Crippen LogP contribution in [-0.2, 0) is 0 Å². The second-order valence-electron chi connectivity index (χ2n) is 3.84. The summed E-state index contributed by atoms with van der Waals surface area (Å²) in [7, 11) is 0. The molecule has 0 atom stereocenters. The van der Waals surface area contributed by atoms with Gasteiger partial charge in [0.1, 0.15) is 5.95 Å². The Kier molecular flexibility index (Phi) is 2.34. The van der Waals surface area contributed by atoms with Gasteiger partial charge < -0.3 is 9.52 Å². The Morgan fingerprint density at radius 1 is 1.06 bits per heavy atom. The molecule has 0 saturated heterocycles. The number of pyridine rings is 1. The van der Waals surface area contributed by atoms with Crippen molar-refractivity contribution in [3.8, 4) is 5.95 Å². The third kappa shape index (κ3) is 1.55. The van der Waals surface area contributed by atoms with Crippen molar-refractivity contribution in [1.29, 1.82) is 0 Å². The summed E-state index contributed by atoms with van der Waals surface area (Å²) >= 11 is 0. The largest absolute Gasteiger partial charge is 0.540 e. The van der Waals surface area contributed by atoms with Crippen molar-refractivity contribution in [3.05, 3.63) is 66.0 Å². The Morgan fingerprint density at radius 2 is 1.78 bits per heavy atom. The van der Waals surface area contributed by atoms with Crippen LogP contribution in [0.25, 0.3) is 5.71 Å². The monoisotopic (exact) mass is 239 g/mol. The zero-order valence-electron chi connectivity index (χ0n) is 9.37. The van der Waals surface area contributed by atoms with Crippen LogP contribution in [-0.4, -0.2) is 5.78 Å². The van der Waals surface area contributed by atoms with Crippen molar-refractivity contribution in [3.63, 3.8) is 0 Å². The summed E-state index contributed by atoms with van der Waals surface area (Å²) in [5.41, 5.74) is 0.854. The molecule has 18 heavy (non-hydrogen) atoms. The second-order valence-corrected chi connectivity index (χ2v) is 3.84. The molecule has 1 aromatic carbocycles. The number of carbonyl (C=O) groups excluding carboxylic acids is 1. The maximum absolute atomic E-state index is 12.3. The first-order valence-corrected chi connectivity index (χ1v) is 5.47. The van der Waals surface area contributed by atoms with Gasteiger partial charge in [0.15, 0.2) is 6.20 Å². The van der Waals surface area contributed by atoms with Gasteiger partial charge in [-0.25, -0.2) is 0 Å². The molecule has 0 fully saturated rings. The minimum absolute atomic E-state index is 0.0248. The van der Waals surface area contributed by atoms with Crippen molar-refractivity contribution < 1.29 is 18.7 Å². The van der Waals surface area contributed by atoms with Gasteiger partial charge in [-0.2, -0.15) is 0 Å². The van der Waals surface area contributed by atoms with Crippen LogP contribution in [0.5, 0.6) is 5.95 Å². The molecule has 88 valence electrons. The molecule has 0 spiro atoms. The highest BCUT2D eigenvalue weighted by molar-refractivity contribution is 6.07. The lowest BCUT2D eigenvalue weighted by Crippen LogP contribution is -2.28. The second kappa shape index (κ2) is 4.00. The first-order chi connectivity index (χ1) is 8.77. The fraction of sp³-hybridized carbons (Fsp3) is 0. The number of rotatable bonds is 2. The van der Waals surface area contributed by atoms with Gasteiger partial charge in [0.05, 0.1) is 0 Å². The molecule has 0 bridgehead atoms. The van der Waals surface area contributed by atoms with E-state index in [2.05, 4.69) is 0 Å². The number of carbonyl (C=O) groups is 1. The number of hydrogen-bond donors (Lipinski definition) is 0. The number of oxazole rings is 1. The maximum atomic E-state index is 12.3. The molecule has 3 aromatic rings. The van der Waals surface area contributed by atoms with Crippen LogP contribution in [0.3, 0.4) is 0 Å². The predicted octanol–water partition coefficient (Wildman–Crippen LogP) is 1.32. The molecule has 2 aromatic heterocycles. The number of ketones is 1. The average molecular weight is 239 g/mol. The summed E-state index contributed by atoms with van der Waals surface area (Å²) in [4.78, 5) is 12.3. The molecule has 3 rings (SSSR count). The van der Waals surface area contributed by atoms with E-state index < -0.39 is 5.95 Å².